The number of nitro groups is 1. The summed E-state index contributed by atoms with van der Waals surface area (Å²) in [6, 6.07) is 9.83. The zero-order chi connectivity index (χ0) is 20.0. The monoisotopic (exact) mass is 433 g/mol. The fourth-order valence-electron chi connectivity index (χ4n) is 2.32. The summed E-state index contributed by atoms with van der Waals surface area (Å²) in [5, 5.41) is 14.6. The maximum Gasteiger partial charge on any atom is 0.277 e. The van der Waals surface area contributed by atoms with Crippen molar-refractivity contribution < 1.29 is 14.5 Å². The van der Waals surface area contributed by atoms with Gasteiger partial charge in [0.2, 0.25) is 0 Å². The summed E-state index contributed by atoms with van der Waals surface area (Å²) in [4.78, 5) is 22.2. The van der Waals surface area contributed by atoms with Gasteiger partial charge in [-0.15, -0.1) is 0 Å². The number of hydrazone groups is 1. The number of nitrogens with zero attached hydrogens (tertiary/aromatic N) is 2. The minimum absolute atomic E-state index is 0.0413. The van der Waals surface area contributed by atoms with Gasteiger partial charge in [-0.25, -0.2) is 5.43 Å². The number of non-ortho nitro benzene ring substituents is 1. The molecule has 2 aromatic rings. The number of carbonyl (C=O) groups excluding carboxylic acids is 1. The summed E-state index contributed by atoms with van der Waals surface area (Å²) in [5.41, 5.74) is 4.83. The van der Waals surface area contributed by atoms with Crippen LogP contribution in [-0.2, 0) is 4.79 Å². The molecule has 0 bridgehead atoms. The summed E-state index contributed by atoms with van der Waals surface area (Å²) in [7, 11) is 0. The highest BCUT2D eigenvalue weighted by molar-refractivity contribution is 9.10. The third kappa shape index (κ3) is 5.89. The van der Waals surface area contributed by atoms with E-state index >= 15 is 0 Å². The highest BCUT2D eigenvalue weighted by atomic mass is 79.9. The molecule has 0 unspecified atom stereocenters. The second kappa shape index (κ2) is 9.27. The van der Waals surface area contributed by atoms with E-state index in [0.29, 0.717) is 11.3 Å². The molecular formula is C19H20BrN3O4. The van der Waals surface area contributed by atoms with E-state index in [1.807, 2.05) is 32.9 Å². The number of ether oxygens (including phenoxy) is 1. The first kappa shape index (κ1) is 20.6. The molecule has 2 rings (SSSR count). The van der Waals surface area contributed by atoms with Crippen LogP contribution in [0, 0.1) is 17.0 Å². The van der Waals surface area contributed by atoms with Gasteiger partial charge in [-0.3, -0.25) is 14.9 Å². The Morgan fingerprint density at radius 2 is 2.11 bits per heavy atom. The van der Waals surface area contributed by atoms with Crippen LogP contribution in [0.4, 0.5) is 5.69 Å². The van der Waals surface area contributed by atoms with Crippen molar-refractivity contribution in [3.63, 3.8) is 0 Å². The van der Waals surface area contributed by atoms with E-state index in [-0.39, 0.29) is 18.2 Å². The molecule has 1 amide bonds. The minimum Gasteiger partial charge on any atom is -0.483 e. The normalized spacial score (nSPS) is 11.0. The van der Waals surface area contributed by atoms with Crippen molar-refractivity contribution in [2.24, 2.45) is 5.10 Å². The lowest BCUT2D eigenvalue weighted by atomic mass is 10.0. The summed E-state index contributed by atoms with van der Waals surface area (Å²) in [6.45, 7) is 5.86. The quantitative estimate of drug-likeness (QED) is 0.399. The van der Waals surface area contributed by atoms with E-state index in [0.717, 1.165) is 15.6 Å². The molecule has 0 aliphatic heterocycles. The molecule has 0 fully saturated rings. The fraction of sp³-hybridized carbons (Fsp3) is 0.263. The number of benzene rings is 2. The molecule has 0 saturated heterocycles. The average molecular weight is 434 g/mol. The second-order valence-corrected chi connectivity index (χ2v) is 7.08. The molecular weight excluding hydrogens is 414 g/mol. The Labute approximate surface area is 165 Å². The topological polar surface area (TPSA) is 93.8 Å². The molecule has 1 N–H and O–H groups in total. The van der Waals surface area contributed by atoms with Gasteiger partial charge in [-0.1, -0.05) is 41.9 Å². The first-order chi connectivity index (χ1) is 12.8. The van der Waals surface area contributed by atoms with Gasteiger partial charge in [0.15, 0.2) is 6.61 Å². The summed E-state index contributed by atoms with van der Waals surface area (Å²) >= 11 is 3.50. The van der Waals surface area contributed by atoms with Crippen molar-refractivity contribution in [2.45, 2.75) is 26.7 Å². The smallest absolute Gasteiger partial charge is 0.277 e. The lowest BCUT2D eigenvalue weighted by molar-refractivity contribution is -0.384. The predicted molar refractivity (Wildman–Crippen MR) is 107 cm³/mol. The SMILES string of the molecule is Cc1cc(OCC(=O)N/N=C/c2cccc([N+](=O)[O-])c2)c(C(C)C)cc1Br. The van der Waals surface area contributed by atoms with Crippen molar-refractivity contribution >= 4 is 33.7 Å². The van der Waals surface area contributed by atoms with Crippen LogP contribution in [0.15, 0.2) is 46.0 Å². The number of amides is 1. The van der Waals surface area contributed by atoms with Gasteiger partial charge in [0.25, 0.3) is 11.6 Å². The summed E-state index contributed by atoms with van der Waals surface area (Å²) < 4.78 is 6.64. The van der Waals surface area contributed by atoms with Gasteiger partial charge in [-0.2, -0.15) is 5.10 Å². The zero-order valence-corrected chi connectivity index (χ0v) is 16.8. The number of aryl methyl sites for hydroxylation is 1. The van der Waals surface area contributed by atoms with Crippen LogP contribution >= 0.6 is 15.9 Å². The van der Waals surface area contributed by atoms with Crippen molar-refractivity contribution in [1.82, 2.24) is 5.43 Å². The first-order valence-electron chi connectivity index (χ1n) is 8.27. The van der Waals surface area contributed by atoms with Gasteiger partial charge < -0.3 is 4.74 Å². The lowest BCUT2D eigenvalue weighted by Crippen LogP contribution is -2.25. The summed E-state index contributed by atoms with van der Waals surface area (Å²) in [6.07, 6.45) is 1.34. The standard InChI is InChI=1S/C19H20BrN3O4/c1-12(2)16-9-17(20)13(3)7-18(16)27-11-19(24)22-21-10-14-5-4-6-15(8-14)23(25)26/h4-10,12H,11H2,1-3H3,(H,22,24)/b21-10+. The van der Waals surface area contributed by atoms with E-state index in [2.05, 4.69) is 26.5 Å². The van der Waals surface area contributed by atoms with Gasteiger partial charge in [0.1, 0.15) is 5.75 Å². The zero-order valence-electron chi connectivity index (χ0n) is 15.2. The maximum absolute atomic E-state index is 11.9. The largest absolute Gasteiger partial charge is 0.483 e. The molecule has 0 saturated carbocycles. The maximum atomic E-state index is 11.9. The van der Waals surface area contributed by atoms with Crippen LogP contribution in [-0.4, -0.2) is 23.7 Å². The Morgan fingerprint density at radius 1 is 1.37 bits per heavy atom. The third-order valence-corrected chi connectivity index (χ3v) is 4.61. The number of rotatable bonds is 7. The van der Waals surface area contributed by atoms with Crippen molar-refractivity contribution in [3.05, 3.63) is 67.7 Å². The number of halogens is 1. The Balaban J connectivity index is 1.96. The van der Waals surface area contributed by atoms with Crippen LogP contribution in [0.25, 0.3) is 0 Å². The molecule has 0 aromatic heterocycles. The molecule has 0 aliphatic rings. The van der Waals surface area contributed by atoms with Gasteiger partial charge in [0, 0.05) is 22.2 Å². The third-order valence-electron chi connectivity index (χ3n) is 3.76. The Morgan fingerprint density at radius 3 is 2.78 bits per heavy atom. The highest BCUT2D eigenvalue weighted by Gasteiger charge is 2.12. The fourth-order valence-corrected chi connectivity index (χ4v) is 2.68. The van der Waals surface area contributed by atoms with Crippen LogP contribution in [0.2, 0.25) is 0 Å². The van der Waals surface area contributed by atoms with Crippen LogP contribution < -0.4 is 10.2 Å². The van der Waals surface area contributed by atoms with E-state index < -0.39 is 10.8 Å². The minimum atomic E-state index is -0.490. The molecule has 142 valence electrons. The van der Waals surface area contributed by atoms with Gasteiger partial charge in [0.05, 0.1) is 11.1 Å². The van der Waals surface area contributed by atoms with Crippen LogP contribution in [0.3, 0.4) is 0 Å². The number of hydrogen-bond donors (Lipinski definition) is 1. The van der Waals surface area contributed by atoms with E-state index in [1.165, 1.54) is 18.3 Å². The predicted octanol–water partition coefficient (Wildman–Crippen LogP) is 4.32. The number of hydrogen-bond acceptors (Lipinski definition) is 5. The molecule has 0 atom stereocenters. The summed E-state index contributed by atoms with van der Waals surface area (Å²) in [5.74, 6) is 0.474. The van der Waals surface area contributed by atoms with Gasteiger partial charge in [-0.05, 0) is 36.1 Å². The van der Waals surface area contributed by atoms with Gasteiger partial charge >= 0.3 is 0 Å². The van der Waals surface area contributed by atoms with Crippen molar-refractivity contribution in [2.75, 3.05) is 6.61 Å². The van der Waals surface area contributed by atoms with E-state index in [9.17, 15) is 14.9 Å². The average Bonchev–Trinajstić information content (AvgIpc) is 2.62. The molecule has 27 heavy (non-hydrogen) atoms. The van der Waals surface area contributed by atoms with Crippen molar-refractivity contribution in [3.8, 4) is 5.75 Å². The highest BCUT2D eigenvalue weighted by Crippen LogP contribution is 2.32. The number of carbonyl (C=O) groups is 1. The lowest BCUT2D eigenvalue weighted by Gasteiger charge is -2.15. The van der Waals surface area contributed by atoms with E-state index in [4.69, 9.17) is 4.74 Å². The molecule has 0 heterocycles. The Bertz CT molecular complexity index is 881. The molecule has 7 nitrogen and oxygen atoms in total. The second-order valence-electron chi connectivity index (χ2n) is 6.23. The van der Waals surface area contributed by atoms with Crippen LogP contribution in [0.1, 0.15) is 36.5 Å². The number of nitro benzene ring substituents is 1. The Kier molecular flexibility index (Phi) is 7.06. The Hall–Kier alpha value is -2.74. The van der Waals surface area contributed by atoms with Crippen molar-refractivity contribution in [1.29, 1.82) is 0 Å². The number of nitrogens with one attached hydrogen (secondary N) is 1. The molecule has 0 aliphatic carbocycles. The molecule has 0 spiro atoms. The molecule has 0 radical (unpaired) electrons. The molecule has 8 heteroatoms. The molecule has 2 aromatic carbocycles. The van der Waals surface area contributed by atoms with Crippen LogP contribution in [0.5, 0.6) is 5.75 Å². The first-order valence-corrected chi connectivity index (χ1v) is 9.06. The van der Waals surface area contributed by atoms with E-state index in [1.54, 1.807) is 12.1 Å².